The molecule has 1 atom stereocenters. The van der Waals surface area contributed by atoms with E-state index in [-0.39, 0.29) is 10.9 Å². The van der Waals surface area contributed by atoms with Crippen molar-refractivity contribution in [2.75, 3.05) is 27.3 Å². The van der Waals surface area contributed by atoms with Gasteiger partial charge in [-0.2, -0.15) is 4.31 Å². The molecule has 0 aromatic heterocycles. The molecule has 0 aliphatic carbocycles. The Kier molecular flexibility index (Phi) is 3.98. The molecule has 0 bridgehead atoms. The van der Waals surface area contributed by atoms with Crippen LogP contribution in [-0.2, 0) is 10.0 Å². The molecule has 1 heterocycles. The number of hydrogen-bond acceptors (Lipinski definition) is 5. The highest BCUT2D eigenvalue weighted by Gasteiger charge is 2.33. The van der Waals surface area contributed by atoms with Gasteiger partial charge in [-0.15, -0.1) is 0 Å². The van der Waals surface area contributed by atoms with Crippen LogP contribution in [0.1, 0.15) is 6.42 Å². The predicted octanol–water partition coefficient (Wildman–Crippen LogP) is 0.426. The molecular weight excluding hydrogens is 268 g/mol. The van der Waals surface area contributed by atoms with E-state index in [4.69, 9.17) is 15.2 Å². The zero-order valence-electron chi connectivity index (χ0n) is 11.0. The molecule has 0 saturated carbocycles. The lowest BCUT2D eigenvalue weighted by atomic mass is 10.3. The van der Waals surface area contributed by atoms with Crippen molar-refractivity contribution >= 4 is 10.0 Å². The van der Waals surface area contributed by atoms with Crippen molar-refractivity contribution in [1.82, 2.24) is 4.31 Å². The van der Waals surface area contributed by atoms with Crippen molar-refractivity contribution in [3.05, 3.63) is 18.2 Å². The van der Waals surface area contributed by atoms with Crippen LogP contribution >= 0.6 is 0 Å². The standard InChI is InChI=1S/C12H18N2O4S/c1-17-10-3-4-11(18-2)12(7-10)19(15,16)14-6-5-9(13)8-14/h3-4,7,9H,5-6,8,13H2,1-2H3. The third kappa shape index (κ3) is 2.68. The van der Waals surface area contributed by atoms with E-state index in [0.717, 1.165) is 0 Å². The molecule has 6 nitrogen and oxygen atoms in total. The van der Waals surface area contributed by atoms with Gasteiger partial charge in [0.2, 0.25) is 10.0 Å². The normalized spacial score (nSPS) is 20.5. The average molecular weight is 286 g/mol. The maximum Gasteiger partial charge on any atom is 0.246 e. The molecule has 0 radical (unpaired) electrons. The molecule has 7 heteroatoms. The minimum Gasteiger partial charge on any atom is -0.497 e. The Labute approximate surface area is 113 Å². The molecule has 1 aromatic rings. The first-order chi connectivity index (χ1) is 8.98. The van der Waals surface area contributed by atoms with Crippen molar-refractivity contribution in [3.8, 4) is 11.5 Å². The topological polar surface area (TPSA) is 81.9 Å². The fourth-order valence-corrected chi connectivity index (χ4v) is 3.78. The summed E-state index contributed by atoms with van der Waals surface area (Å²) in [6.07, 6.45) is 0.672. The van der Waals surface area contributed by atoms with Crippen LogP contribution in [0.15, 0.2) is 23.1 Å². The minimum absolute atomic E-state index is 0.105. The van der Waals surface area contributed by atoms with Gasteiger partial charge in [0.15, 0.2) is 0 Å². The summed E-state index contributed by atoms with van der Waals surface area (Å²) in [5, 5.41) is 0. The average Bonchev–Trinajstić information content (AvgIpc) is 2.85. The number of benzene rings is 1. The first kappa shape index (κ1) is 14.1. The Hall–Kier alpha value is -1.31. The second-order valence-corrected chi connectivity index (χ2v) is 6.33. The van der Waals surface area contributed by atoms with Crippen molar-refractivity contribution in [1.29, 1.82) is 0 Å². The molecule has 1 saturated heterocycles. The molecule has 0 amide bonds. The van der Waals surface area contributed by atoms with Crippen LogP contribution in [0.3, 0.4) is 0 Å². The molecular formula is C12H18N2O4S. The van der Waals surface area contributed by atoms with Crippen LogP contribution in [-0.4, -0.2) is 46.1 Å². The van der Waals surface area contributed by atoms with E-state index in [2.05, 4.69) is 0 Å². The Bertz CT molecular complexity index is 559. The van der Waals surface area contributed by atoms with Crippen LogP contribution in [0.25, 0.3) is 0 Å². The fraction of sp³-hybridized carbons (Fsp3) is 0.500. The number of methoxy groups -OCH3 is 2. The summed E-state index contributed by atoms with van der Waals surface area (Å²) in [7, 11) is -0.668. The molecule has 1 fully saturated rings. The number of nitrogens with zero attached hydrogens (tertiary/aromatic N) is 1. The monoisotopic (exact) mass is 286 g/mol. The zero-order chi connectivity index (χ0) is 14.0. The fourth-order valence-electron chi connectivity index (χ4n) is 2.10. The van der Waals surface area contributed by atoms with E-state index in [0.29, 0.717) is 31.0 Å². The molecule has 1 aliphatic heterocycles. The highest BCUT2D eigenvalue weighted by Crippen LogP contribution is 2.31. The summed E-state index contributed by atoms with van der Waals surface area (Å²) in [5.74, 6) is 0.782. The Balaban J connectivity index is 2.44. The van der Waals surface area contributed by atoms with Crippen LogP contribution < -0.4 is 15.2 Å². The summed E-state index contributed by atoms with van der Waals surface area (Å²) < 4.78 is 36.7. The highest BCUT2D eigenvalue weighted by molar-refractivity contribution is 7.89. The maximum atomic E-state index is 12.6. The summed E-state index contributed by atoms with van der Waals surface area (Å²) in [4.78, 5) is 0.114. The van der Waals surface area contributed by atoms with Gasteiger partial charge in [0.05, 0.1) is 14.2 Å². The minimum atomic E-state index is -3.60. The number of ether oxygens (including phenoxy) is 2. The van der Waals surface area contributed by atoms with Gasteiger partial charge < -0.3 is 15.2 Å². The van der Waals surface area contributed by atoms with Crippen molar-refractivity contribution in [2.24, 2.45) is 5.73 Å². The van der Waals surface area contributed by atoms with E-state index in [1.807, 2.05) is 0 Å². The second kappa shape index (κ2) is 5.36. The molecule has 106 valence electrons. The smallest absolute Gasteiger partial charge is 0.246 e. The van der Waals surface area contributed by atoms with Crippen molar-refractivity contribution in [2.45, 2.75) is 17.4 Å². The van der Waals surface area contributed by atoms with Gasteiger partial charge in [-0.1, -0.05) is 0 Å². The zero-order valence-corrected chi connectivity index (χ0v) is 11.8. The molecule has 0 spiro atoms. The third-order valence-corrected chi connectivity index (χ3v) is 5.06. The van der Waals surface area contributed by atoms with Crippen molar-refractivity contribution in [3.63, 3.8) is 0 Å². The largest absolute Gasteiger partial charge is 0.497 e. The Morgan fingerprint density at radius 1 is 1.32 bits per heavy atom. The summed E-state index contributed by atoms with van der Waals surface area (Å²) in [6, 6.07) is 4.61. The Morgan fingerprint density at radius 3 is 2.58 bits per heavy atom. The highest BCUT2D eigenvalue weighted by atomic mass is 32.2. The van der Waals surface area contributed by atoms with Crippen LogP contribution in [0, 0.1) is 0 Å². The lowest BCUT2D eigenvalue weighted by Gasteiger charge is -2.18. The summed E-state index contributed by atoms with van der Waals surface area (Å²) in [5.41, 5.74) is 5.76. The maximum absolute atomic E-state index is 12.6. The molecule has 1 aromatic carbocycles. The molecule has 2 rings (SSSR count). The van der Waals surface area contributed by atoms with Crippen LogP contribution in [0.2, 0.25) is 0 Å². The van der Waals surface area contributed by atoms with E-state index >= 15 is 0 Å². The van der Waals surface area contributed by atoms with Crippen molar-refractivity contribution < 1.29 is 17.9 Å². The lowest BCUT2D eigenvalue weighted by Crippen LogP contribution is -2.32. The lowest BCUT2D eigenvalue weighted by molar-refractivity contribution is 0.388. The van der Waals surface area contributed by atoms with Crippen LogP contribution in [0.5, 0.6) is 11.5 Å². The van der Waals surface area contributed by atoms with Gasteiger partial charge in [-0.25, -0.2) is 8.42 Å². The molecule has 19 heavy (non-hydrogen) atoms. The van der Waals surface area contributed by atoms with Gasteiger partial charge in [0.25, 0.3) is 0 Å². The first-order valence-corrected chi connectivity index (χ1v) is 7.41. The number of nitrogens with two attached hydrogens (primary N) is 1. The van der Waals surface area contributed by atoms with Gasteiger partial charge in [0, 0.05) is 25.2 Å². The van der Waals surface area contributed by atoms with E-state index in [1.54, 1.807) is 12.1 Å². The number of sulfonamides is 1. The summed E-state index contributed by atoms with van der Waals surface area (Å²) in [6.45, 7) is 0.770. The van der Waals surface area contributed by atoms with E-state index < -0.39 is 10.0 Å². The van der Waals surface area contributed by atoms with Gasteiger partial charge in [0.1, 0.15) is 16.4 Å². The number of rotatable bonds is 4. The van der Waals surface area contributed by atoms with Crippen LogP contribution in [0.4, 0.5) is 0 Å². The Morgan fingerprint density at radius 2 is 2.05 bits per heavy atom. The van der Waals surface area contributed by atoms with E-state index in [1.165, 1.54) is 24.6 Å². The quantitative estimate of drug-likeness (QED) is 0.867. The van der Waals surface area contributed by atoms with Gasteiger partial charge in [-0.3, -0.25) is 0 Å². The first-order valence-electron chi connectivity index (χ1n) is 5.97. The third-order valence-electron chi connectivity index (χ3n) is 3.18. The molecule has 1 unspecified atom stereocenters. The molecule has 2 N–H and O–H groups in total. The SMILES string of the molecule is COc1ccc(OC)c(S(=O)(=O)N2CCC(N)C2)c1. The van der Waals surface area contributed by atoms with Gasteiger partial charge in [-0.05, 0) is 18.6 Å². The van der Waals surface area contributed by atoms with Gasteiger partial charge >= 0.3 is 0 Å². The predicted molar refractivity (Wildman–Crippen MR) is 70.9 cm³/mol. The summed E-state index contributed by atoms with van der Waals surface area (Å²) >= 11 is 0. The molecule has 1 aliphatic rings. The van der Waals surface area contributed by atoms with E-state index in [9.17, 15) is 8.42 Å². The second-order valence-electron chi connectivity index (χ2n) is 4.43. The number of hydrogen-bond donors (Lipinski definition) is 1.